The number of rotatable bonds is 16. The van der Waals surface area contributed by atoms with E-state index in [4.69, 9.17) is 9.47 Å². The summed E-state index contributed by atoms with van der Waals surface area (Å²) in [6, 6.07) is 20.0. The molecular weight excluding hydrogens is 542 g/mol. The van der Waals surface area contributed by atoms with Crippen LogP contribution in [-0.2, 0) is 45.6 Å². The number of phenols is 1. The highest BCUT2D eigenvalue weighted by Crippen LogP contribution is 2.30. The van der Waals surface area contributed by atoms with Crippen molar-refractivity contribution >= 4 is 9.84 Å². The van der Waals surface area contributed by atoms with Gasteiger partial charge in [-0.1, -0.05) is 55.3 Å². The molecule has 1 fully saturated rings. The fourth-order valence-corrected chi connectivity index (χ4v) is 7.03. The van der Waals surface area contributed by atoms with Crippen molar-refractivity contribution in [3.05, 3.63) is 94.5 Å². The summed E-state index contributed by atoms with van der Waals surface area (Å²) in [5.74, 6) is 0.0163. The van der Waals surface area contributed by atoms with Gasteiger partial charge in [-0.3, -0.25) is 0 Å². The molecule has 9 heteroatoms. The third-order valence-corrected chi connectivity index (χ3v) is 9.72. The van der Waals surface area contributed by atoms with Crippen LogP contribution in [0.1, 0.15) is 59.6 Å². The largest absolute Gasteiger partial charge is 0.508 e. The molecule has 1 saturated carbocycles. The molecular formula is C32H41NO7S. The Balaban J connectivity index is 1.12. The van der Waals surface area contributed by atoms with Crippen LogP contribution in [0.2, 0.25) is 0 Å². The maximum absolute atomic E-state index is 12.9. The summed E-state index contributed by atoms with van der Waals surface area (Å²) >= 11 is 0. The SMILES string of the molecule is O=S(=O)(c1cccc(COCCOCc2cccc(CCNC[C@H](O)c3ccc(O)c(CO)c3)c2)c1)C1CCCC1. The Morgan fingerprint density at radius 1 is 0.878 bits per heavy atom. The van der Waals surface area contributed by atoms with Crippen LogP contribution in [0.5, 0.6) is 5.75 Å². The summed E-state index contributed by atoms with van der Waals surface area (Å²) in [6.07, 6.45) is 3.51. The third kappa shape index (κ3) is 9.10. The molecule has 0 saturated heterocycles. The monoisotopic (exact) mass is 583 g/mol. The maximum Gasteiger partial charge on any atom is 0.181 e. The van der Waals surface area contributed by atoms with Crippen LogP contribution in [0.3, 0.4) is 0 Å². The van der Waals surface area contributed by atoms with Crippen molar-refractivity contribution in [1.29, 1.82) is 0 Å². The predicted octanol–water partition coefficient (Wildman–Crippen LogP) is 4.20. The van der Waals surface area contributed by atoms with Crippen molar-refractivity contribution in [2.24, 2.45) is 0 Å². The van der Waals surface area contributed by atoms with Crippen LogP contribution < -0.4 is 5.32 Å². The Bertz CT molecular complexity index is 1360. The molecule has 41 heavy (non-hydrogen) atoms. The number of nitrogens with one attached hydrogen (secondary N) is 1. The van der Waals surface area contributed by atoms with Crippen LogP contribution in [0.25, 0.3) is 0 Å². The molecule has 0 aliphatic heterocycles. The first-order valence-corrected chi connectivity index (χ1v) is 15.8. The summed E-state index contributed by atoms with van der Waals surface area (Å²) < 4.78 is 37.2. The molecule has 8 nitrogen and oxygen atoms in total. The van der Waals surface area contributed by atoms with Gasteiger partial charge >= 0.3 is 0 Å². The van der Waals surface area contributed by atoms with E-state index < -0.39 is 15.9 Å². The highest BCUT2D eigenvalue weighted by molar-refractivity contribution is 7.92. The molecule has 3 aromatic rings. The first-order valence-electron chi connectivity index (χ1n) is 14.2. The molecule has 0 spiro atoms. The van der Waals surface area contributed by atoms with Gasteiger partial charge in [-0.2, -0.15) is 0 Å². The quantitative estimate of drug-likeness (QED) is 0.185. The Morgan fingerprint density at radius 3 is 2.24 bits per heavy atom. The van der Waals surface area contributed by atoms with Gasteiger partial charge in [0, 0.05) is 12.1 Å². The molecule has 222 valence electrons. The highest BCUT2D eigenvalue weighted by Gasteiger charge is 2.30. The first kappa shape index (κ1) is 31.2. The van der Waals surface area contributed by atoms with E-state index in [1.54, 1.807) is 30.3 Å². The first-order chi connectivity index (χ1) is 19.9. The van der Waals surface area contributed by atoms with Gasteiger partial charge in [0.2, 0.25) is 0 Å². The Labute approximate surface area is 242 Å². The van der Waals surface area contributed by atoms with Gasteiger partial charge in [-0.15, -0.1) is 0 Å². The van der Waals surface area contributed by atoms with Crippen molar-refractivity contribution < 1.29 is 33.2 Å². The summed E-state index contributed by atoms with van der Waals surface area (Å²) in [7, 11) is -3.27. The lowest BCUT2D eigenvalue weighted by atomic mass is 10.0. The lowest BCUT2D eigenvalue weighted by molar-refractivity contribution is 0.0338. The predicted molar refractivity (Wildman–Crippen MR) is 157 cm³/mol. The van der Waals surface area contributed by atoms with Gasteiger partial charge in [0.1, 0.15) is 5.75 Å². The topological polar surface area (TPSA) is 125 Å². The summed E-state index contributed by atoms with van der Waals surface area (Å²) in [6.45, 7) is 2.40. The van der Waals surface area contributed by atoms with E-state index in [0.717, 1.165) is 48.8 Å². The number of hydrogen-bond acceptors (Lipinski definition) is 8. The average molecular weight is 584 g/mol. The fourth-order valence-electron chi connectivity index (χ4n) is 5.10. The minimum Gasteiger partial charge on any atom is -0.508 e. The highest BCUT2D eigenvalue weighted by atomic mass is 32.2. The molecule has 0 heterocycles. The van der Waals surface area contributed by atoms with E-state index in [1.807, 2.05) is 18.2 Å². The molecule has 4 rings (SSSR count). The molecule has 0 bridgehead atoms. The number of hydrogen-bond donors (Lipinski definition) is 4. The normalized spacial score (nSPS) is 14.9. The van der Waals surface area contributed by atoms with Crippen molar-refractivity contribution in [3.8, 4) is 5.75 Å². The summed E-state index contributed by atoms with van der Waals surface area (Å²) in [4.78, 5) is 0.391. The molecule has 1 aliphatic rings. The molecule has 4 N–H and O–H groups in total. The van der Waals surface area contributed by atoms with Crippen molar-refractivity contribution in [3.63, 3.8) is 0 Å². The van der Waals surface area contributed by atoms with E-state index in [-0.39, 0.29) is 17.6 Å². The lowest BCUT2D eigenvalue weighted by Gasteiger charge is -2.14. The Hall–Kier alpha value is -2.79. The van der Waals surface area contributed by atoms with Crippen LogP contribution in [0.15, 0.2) is 71.6 Å². The molecule has 1 aliphatic carbocycles. The number of benzene rings is 3. The van der Waals surface area contributed by atoms with Crippen LogP contribution >= 0.6 is 0 Å². The second kappa shape index (κ2) is 15.4. The molecule has 1 atom stereocenters. The summed E-state index contributed by atoms with van der Waals surface area (Å²) in [5.41, 5.74) is 4.10. The maximum atomic E-state index is 12.9. The van der Waals surface area contributed by atoms with E-state index in [9.17, 15) is 23.7 Å². The molecule has 0 amide bonds. The Kier molecular flexibility index (Phi) is 11.7. The van der Waals surface area contributed by atoms with E-state index >= 15 is 0 Å². The average Bonchev–Trinajstić information content (AvgIpc) is 3.54. The second-order valence-electron chi connectivity index (χ2n) is 10.5. The van der Waals surface area contributed by atoms with Crippen molar-refractivity contribution in [2.45, 2.75) is 68.2 Å². The minimum atomic E-state index is -3.27. The molecule has 0 aromatic heterocycles. The second-order valence-corrected chi connectivity index (χ2v) is 12.8. The van der Waals surface area contributed by atoms with E-state index in [2.05, 4.69) is 17.4 Å². The zero-order chi connectivity index (χ0) is 29.1. The third-order valence-electron chi connectivity index (χ3n) is 7.46. The number of aliphatic hydroxyl groups excluding tert-OH is 2. The number of sulfone groups is 1. The summed E-state index contributed by atoms with van der Waals surface area (Å²) in [5, 5.41) is 32.4. The minimum absolute atomic E-state index is 0.0163. The van der Waals surface area contributed by atoms with Gasteiger partial charge in [-0.25, -0.2) is 8.42 Å². The van der Waals surface area contributed by atoms with Gasteiger partial charge in [0.15, 0.2) is 9.84 Å². The van der Waals surface area contributed by atoms with Gasteiger partial charge in [0.25, 0.3) is 0 Å². The number of ether oxygens (including phenoxy) is 2. The van der Waals surface area contributed by atoms with Gasteiger partial charge in [-0.05, 0) is 72.3 Å². The molecule has 0 unspecified atom stereocenters. The number of aromatic hydroxyl groups is 1. The number of aliphatic hydroxyl groups is 2. The Morgan fingerprint density at radius 2 is 1.54 bits per heavy atom. The lowest BCUT2D eigenvalue weighted by Crippen LogP contribution is -2.23. The van der Waals surface area contributed by atoms with Crippen LogP contribution in [0.4, 0.5) is 0 Å². The van der Waals surface area contributed by atoms with E-state index in [0.29, 0.717) is 55.5 Å². The van der Waals surface area contributed by atoms with Crippen LogP contribution in [-0.4, -0.2) is 55.3 Å². The van der Waals surface area contributed by atoms with E-state index in [1.165, 1.54) is 6.07 Å². The van der Waals surface area contributed by atoms with Crippen LogP contribution in [0, 0.1) is 0 Å². The standard InChI is InChI=1S/C32H41NO7S/c34-21-28-19-27(11-12-31(28)35)32(36)20-33-14-13-24-5-3-6-25(17-24)22-39-15-16-40-23-26-7-4-10-30(18-26)41(37,38)29-8-1-2-9-29/h3-7,10-12,17-19,29,32-36H,1-2,8-9,13-16,20-23H2/t32-/m0/s1. The zero-order valence-electron chi connectivity index (χ0n) is 23.4. The van der Waals surface area contributed by atoms with Gasteiger partial charge in [0.05, 0.1) is 49.3 Å². The smallest absolute Gasteiger partial charge is 0.181 e. The van der Waals surface area contributed by atoms with Crippen molar-refractivity contribution in [2.75, 3.05) is 26.3 Å². The molecule has 0 radical (unpaired) electrons. The molecule has 3 aromatic carbocycles. The van der Waals surface area contributed by atoms with Crippen molar-refractivity contribution in [1.82, 2.24) is 5.32 Å². The fraction of sp³-hybridized carbons (Fsp3) is 0.438. The van der Waals surface area contributed by atoms with Gasteiger partial charge < -0.3 is 30.1 Å². The zero-order valence-corrected chi connectivity index (χ0v) is 24.2.